The lowest BCUT2D eigenvalue weighted by Crippen LogP contribution is -1.97. The van der Waals surface area contributed by atoms with Crippen LogP contribution in [0.15, 0.2) is 74.9 Å². The van der Waals surface area contributed by atoms with E-state index in [9.17, 15) is 10.1 Å². The lowest BCUT2D eigenvalue weighted by Gasteiger charge is -2.03. The van der Waals surface area contributed by atoms with Gasteiger partial charge in [-0.3, -0.25) is 0 Å². The van der Waals surface area contributed by atoms with E-state index in [1.165, 1.54) is 0 Å². The molecule has 0 spiro atoms. The summed E-state index contributed by atoms with van der Waals surface area (Å²) in [6.07, 6.45) is 0. The summed E-state index contributed by atoms with van der Waals surface area (Å²) in [6, 6.07) is 18.6. The molecule has 0 amide bonds. The van der Waals surface area contributed by atoms with Crippen LogP contribution >= 0.6 is 0 Å². The second-order valence-electron chi connectivity index (χ2n) is 3.23. The minimum absolute atomic E-state index is 0.622. The third-order valence-electron chi connectivity index (χ3n) is 2.08. The summed E-state index contributed by atoms with van der Waals surface area (Å²) >= 11 is 0. The first-order valence-electron chi connectivity index (χ1n) is 4.98. The first-order chi connectivity index (χ1) is 8.27. The van der Waals surface area contributed by atoms with E-state index in [0.29, 0.717) is 0 Å². The van der Waals surface area contributed by atoms with Crippen LogP contribution in [0.3, 0.4) is 0 Å². The molecule has 0 aromatic heterocycles. The lowest BCUT2D eigenvalue weighted by atomic mass is 10.4. The van der Waals surface area contributed by atoms with Crippen LogP contribution in [-0.4, -0.2) is 5.03 Å². The Labute approximate surface area is 101 Å². The molecular weight excluding hydrogens is 236 g/mol. The molecular formula is C12H10N2O2S. The average molecular weight is 246 g/mol. The monoisotopic (exact) mass is 246 g/mol. The molecule has 0 aliphatic heterocycles. The highest BCUT2D eigenvalue weighted by atomic mass is 32.2. The van der Waals surface area contributed by atoms with Crippen LogP contribution in [0.5, 0.6) is 0 Å². The number of rotatable bonds is 3. The highest BCUT2D eigenvalue weighted by Crippen LogP contribution is 2.18. The van der Waals surface area contributed by atoms with E-state index in [2.05, 4.69) is 4.47 Å². The van der Waals surface area contributed by atoms with E-state index in [0.717, 1.165) is 9.79 Å². The Morgan fingerprint density at radius 2 is 1.29 bits per heavy atom. The van der Waals surface area contributed by atoms with Crippen molar-refractivity contribution in [3.8, 4) is 0 Å². The zero-order chi connectivity index (χ0) is 12.1. The molecule has 0 aliphatic rings. The normalized spacial score (nSPS) is 10.2. The SMILES string of the molecule is O=[N+]([O-])N=S(c1ccccc1)c1ccccc1. The van der Waals surface area contributed by atoms with Gasteiger partial charge in [-0.25, -0.2) is 10.1 Å². The Balaban J connectivity index is 2.51. The van der Waals surface area contributed by atoms with Gasteiger partial charge in [0.25, 0.3) is 0 Å². The summed E-state index contributed by atoms with van der Waals surface area (Å²) in [5.74, 6) is 0. The van der Waals surface area contributed by atoms with Gasteiger partial charge in [0.1, 0.15) is 0 Å². The Bertz CT molecular complexity index is 499. The topological polar surface area (TPSA) is 55.5 Å². The highest BCUT2D eigenvalue weighted by Gasteiger charge is 2.08. The van der Waals surface area contributed by atoms with E-state index < -0.39 is 15.7 Å². The number of hydrogen-bond acceptors (Lipinski definition) is 2. The molecule has 5 heteroatoms. The van der Waals surface area contributed by atoms with Crippen LogP contribution in [0, 0.1) is 10.1 Å². The average Bonchev–Trinajstić information content (AvgIpc) is 2.38. The van der Waals surface area contributed by atoms with Crippen LogP contribution in [0.25, 0.3) is 0 Å². The largest absolute Gasteiger partial charge is 0.232 e. The molecule has 0 heterocycles. The second kappa shape index (κ2) is 5.36. The highest BCUT2D eigenvalue weighted by molar-refractivity contribution is 7.87. The van der Waals surface area contributed by atoms with Crippen LogP contribution in [0.4, 0.5) is 0 Å². The van der Waals surface area contributed by atoms with Crippen molar-refractivity contribution < 1.29 is 5.03 Å². The summed E-state index contributed by atoms with van der Waals surface area (Å²) in [5, 5.41) is 9.98. The molecule has 0 unspecified atom stereocenters. The maximum absolute atomic E-state index is 10.6. The van der Waals surface area contributed by atoms with Gasteiger partial charge in [-0.2, -0.15) is 0 Å². The summed E-state index contributed by atoms with van der Waals surface area (Å²) in [6.45, 7) is 0. The molecule has 4 nitrogen and oxygen atoms in total. The standard InChI is InChI=1S/C12H10N2O2S/c15-14(16)13-17(11-7-3-1-4-8-11)12-9-5-2-6-10-12/h1-10H. The van der Waals surface area contributed by atoms with Gasteiger partial charge in [-0.1, -0.05) is 36.4 Å². The fourth-order valence-corrected chi connectivity index (χ4v) is 2.82. The van der Waals surface area contributed by atoms with E-state index in [-0.39, 0.29) is 0 Å². The molecule has 2 aromatic carbocycles. The number of benzene rings is 2. The van der Waals surface area contributed by atoms with Crippen molar-refractivity contribution >= 4 is 10.7 Å². The molecule has 0 fully saturated rings. The predicted molar refractivity (Wildman–Crippen MR) is 66.2 cm³/mol. The Morgan fingerprint density at radius 1 is 0.882 bits per heavy atom. The number of nitrogens with zero attached hydrogens (tertiary/aromatic N) is 2. The maximum Gasteiger partial charge on any atom is 0.198 e. The Hall–Kier alpha value is -2.01. The summed E-state index contributed by atoms with van der Waals surface area (Å²) in [5.41, 5.74) is 0. The first kappa shape index (κ1) is 11.5. The summed E-state index contributed by atoms with van der Waals surface area (Å²) in [7, 11) is -0.855. The second-order valence-corrected chi connectivity index (χ2v) is 4.91. The number of hydrogen-bond donors (Lipinski definition) is 0. The van der Waals surface area contributed by atoms with Gasteiger partial charge >= 0.3 is 0 Å². The summed E-state index contributed by atoms with van der Waals surface area (Å²) in [4.78, 5) is 12.3. The maximum atomic E-state index is 10.6. The fraction of sp³-hybridized carbons (Fsp3) is 0. The van der Waals surface area contributed by atoms with Crippen molar-refractivity contribution in [2.24, 2.45) is 4.47 Å². The predicted octanol–water partition coefficient (Wildman–Crippen LogP) is 3.10. The molecule has 0 radical (unpaired) electrons. The molecule has 2 aromatic rings. The van der Waals surface area contributed by atoms with E-state index in [1.807, 2.05) is 60.7 Å². The summed E-state index contributed by atoms with van der Waals surface area (Å²) < 4.78 is 3.57. The van der Waals surface area contributed by atoms with Gasteiger partial charge in [0.15, 0.2) is 5.03 Å². The molecule has 0 aliphatic carbocycles. The van der Waals surface area contributed by atoms with Crippen molar-refractivity contribution in [1.29, 1.82) is 0 Å². The minimum Gasteiger partial charge on any atom is -0.232 e. The van der Waals surface area contributed by atoms with Crippen molar-refractivity contribution in [1.82, 2.24) is 0 Å². The smallest absolute Gasteiger partial charge is 0.198 e. The van der Waals surface area contributed by atoms with E-state index in [1.54, 1.807) is 0 Å². The van der Waals surface area contributed by atoms with Crippen LogP contribution in [0.1, 0.15) is 0 Å². The van der Waals surface area contributed by atoms with Gasteiger partial charge in [0.2, 0.25) is 0 Å². The lowest BCUT2D eigenvalue weighted by molar-refractivity contribution is -0.481. The van der Waals surface area contributed by atoms with Crippen molar-refractivity contribution in [2.75, 3.05) is 0 Å². The van der Waals surface area contributed by atoms with Gasteiger partial charge in [-0.05, 0) is 24.3 Å². The third-order valence-corrected chi connectivity index (χ3v) is 3.82. The van der Waals surface area contributed by atoms with Crippen LogP contribution in [-0.2, 0) is 10.7 Å². The molecule has 0 N–H and O–H groups in total. The molecule has 0 atom stereocenters. The van der Waals surface area contributed by atoms with Crippen molar-refractivity contribution in [3.05, 3.63) is 70.8 Å². The van der Waals surface area contributed by atoms with Gasteiger partial charge in [0.05, 0.1) is 4.47 Å². The first-order valence-corrected chi connectivity index (χ1v) is 6.16. The quantitative estimate of drug-likeness (QED) is 0.617. The third kappa shape index (κ3) is 2.98. The molecule has 2 rings (SSSR count). The van der Waals surface area contributed by atoms with E-state index >= 15 is 0 Å². The molecule has 86 valence electrons. The Kier molecular flexibility index (Phi) is 3.62. The molecule has 0 bridgehead atoms. The van der Waals surface area contributed by atoms with Crippen LogP contribution < -0.4 is 0 Å². The van der Waals surface area contributed by atoms with Crippen LogP contribution in [0.2, 0.25) is 0 Å². The molecule has 0 saturated carbocycles. The number of nitro groups is 1. The zero-order valence-corrected chi connectivity index (χ0v) is 9.71. The van der Waals surface area contributed by atoms with Crippen molar-refractivity contribution in [2.45, 2.75) is 9.79 Å². The fourth-order valence-electron chi connectivity index (χ4n) is 1.40. The molecule has 17 heavy (non-hydrogen) atoms. The zero-order valence-electron chi connectivity index (χ0n) is 8.89. The minimum atomic E-state index is -0.855. The van der Waals surface area contributed by atoms with Gasteiger partial charge in [0, 0.05) is 20.5 Å². The van der Waals surface area contributed by atoms with Gasteiger partial charge < -0.3 is 0 Å². The van der Waals surface area contributed by atoms with E-state index in [4.69, 9.17) is 0 Å². The Morgan fingerprint density at radius 3 is 1.65 bits per heavy atom. The van der Waals surface area contributed by atoms with Crippen molar-refractivity contribution in [3.63, 3.8) is 0 Å². The molecule has 0 saturated heterocycles. The van der Waals surface area contributed by atoms with Gasteiger partial charge in [-0.15, -0.1) is 0 Å².